The zero-order valence-electron chi connectivity index (χ0n) is 18.9. The summed E-state index contributed by atoms with van der Waals surface area (Å²) in [5.74, 6) is -1.23. The Morgan fingerprint density at radius 2 is 1.92 bits per heavy atom. The van der Waals surface area contributed by atoms with Crippen LogP contribution in [-0.2, 0) is 13.1 Å². The molecular weight excluding hydrogens is 521 g/mol. The van der Waals surface area contributed by atoms with Crippen molar-refractivity contribution in [3.8, 4) is 23.0 Å². The van der Waals surface area contributed by atoms with Crippen LogP contribution in [-0.4, -0.2) is 64.5 Å². The number of methoxy groups -OCH3 is 1. The molecule has 3 aromatic heterocycles. The van der Waals surface area contributed by atoms with Crippen LogP contribution in [0.1, 0.15) is 16.4 Å². The molecule has 1 atom stereocenters. The van der Waals surface area contributed by atoms with E-state index in [1.54, 1.807) is 12.1 Å². The van der Waals surface area contributed by atoms with Crippen LogP contribution in [0.4, 0.5) is 13.2 Å². The highest BCUT2D eigenvalue weighted by Gasteiger charge is 2.39. The average Bonchev–Trinajstić information content (AvgIpc) is 3.41. The van der Waals surface area contributed by atoms with Gasteiger partial charge in [0, 0.05) is 16.8 Å². The molecule has 1 unspecified atom stereocenters. The van der Waals surface area contributed by atoms with E-state index in [0.29, 0.717) is 9.59 Å². The second-order valence-corrected chi connectivity index (χ2v) is 8.03. The highest BCUT2D eigenvalue weighted by atomic mass is 35.5. The molecule has 0 spiro atoms. The number of halogens is 4. The second kappa shape index (κ2) is 10.0. The summed E-state index contributed by atoms with van der Waals surface area (Å²) >= 11 is 5.89. The number of aromatic nitrogens is 7. The second-order valence-electron chi connectivity index (χ2n) is 7.60. The van der Waals surface area contributed by atoms with Gasteiger partial charge < -0.3 is 15.6 Å². The molecule has 12 nitrogen and oxygen atoms in total. The van der Waals surface area contributed by atoms with Crippen LogP contribution in [0.5, 0.6) is 5.75 Å². The van der Waals surface area contributed by atoms with Crippen LogP contribution in [0, 0.1) is 0 Å². The van der Waals surface area contributed by atoms with Gasteiger partial charge in [-0.2, -0.15) is 17.9 Å². The van der Waals surface area contributed by atoms with Gasteiger partial charge >= 0.3 is 11.9 Å². The Morgan fingerprint density at radius 1 is 1.22 bits per heavy atom. The number of pyridine rings is 1. The molecule has 0 radical (unpaired) electrons. The van der Waals surface area contributed by atoms with E-state index >= 15 is 0 Å². The standard InChI is InChI=1S/C21H18ClF3N8O4/c1-37-13-3-2-8-27-18(13)33-19(16(26)35)28-15(29-33)10-32-20(36)31(9-14(34)21(23,24)25)17(30-32)11-4-6-12(22)7-5-11/h2-8,14,34H,9-10H2,1H3,(H2,26,35). The molecule has 0 saturated carbocycles. The summed E-state index contributed by atoms with van der Waals surface area (Å²) in [7, 11) is 1.38. The van der Waals surface area contributed by atoms with Crippen LogP contribution >= 0.6 is 11.6 Å². The number of alkyl halides is 3. The number of benzene rings is 1. The molecule has 1 aromatic carbocycles. The fourth-order valence-corrected chi connectivity index (χ4v) is 3.49. The van der Waals surface area contributed by atoms with Crippen molar-refractivity contribution in [1.29, 1.82) is 0 Å². The van der Waals surface area contributed by atoms with Crippen molar-refractivity contribution >= 4 is 17.5 Å². The van der Waals surface area contributed by atoms with Crippen molar-refractivity contribution in [2.45, 2.75) is 25.4 Å². The topological polar surface area (TPSA) is 156 Å². The molecule has 16 heteroatoms. The van der Waals surface area contributed by atoms with Gasteiger partial charge in [-0.3, -0.25) is 9.36 Å². The normalized spacial score (nSPS) is 12.5. The maximum Gasteiger partial charge on any atom is 0.416 e. The van der Waals surface area contributed by atoms with Gasteiger partial charge in [-0.1, -0.05) is 11.6 Å². The van der Waals surface area contributed by atoms with Crippen molar-refractivity contribution in [2.24, 2.45) is 5.73 Å². The van der Waals surface area contributed by atoms with Gasteiger partial charge in [-0.15, -0.1) is 10.2 Å². The zero-order chi connectivity index (χ0) is 26.9. The Bertz CT molecular complexity index is 1500. The van der Waals surface area contributed by atoms with E-state index in [1.165, 1.54) is 37.6 Å². The SMILES string of the molecule is COc1cccnc1-n1nc(Cn2nc(-c3ccc(Cl)cc3)n(CC(O)C(F)(F)F)c2=O)nc1C(N)=O. The highest BCUT2D eigenvalue weighted by Crippen LogP contribution is 2.24. The minimum atomic E-state index is -4.97. The van der Waals surface area contributed by atoms with E-state index in [-0.39, 0.29) is 34.6 Å². The molecule has 0 bridgehead atoms. The summed E-state index contributed by atoms with van der Waals surface area (Å²) in [5, 5.41) is 18.3. The molecule has 0 fully saturated rings. The van der Waals surface area contributed by atoms with E-state index < -0.39 is 37.0 Å². The third-order valence-electron chi connectivity index (χ3n) is 5.09. The molecule has 0 aliphatic carbocycles. The highest BCUT2D eigenvalue weighted by molar-refractivity contribution is 6.30. The predicted molar refractivity (Wildman–Crippen MR) is 122 cm³/mol. The van der Waals surface area contributed by atoms with Crippen LogP contribution in [0.3, 0.4) is 0 Å². The van der Waals surface area contributed by atoms with E-state index in [4.69, 9.17) is 22.1 Å². The molecule has 4 rings (SSSR count). The number of aliphatic hydroxyl groups is 1. The number of carbonyl (C=O) groups excluding carboxylic acids is 1. The van der Waals surface area contributed by atoms with Gasteiger partial charge in [0.25, 0.3) is 5.91 Å². The smallest absolute Gasteiger partial charge is 0.416 e. The van der Waals surface area contributed by atoms with Gasteiger partial charge in [0.15, 0.2) is 29.3 Å². The number of nitrogens with zero attached hydrogens (tertiary/aromatic N) is 7. The number of hydrogen-bond acceptors (Lipinski definition) is 8. The van der Waals surface area contributed by atoms with Crippen molar-refractivity contribution in [2.75, 3.05) is 7.11 Å². The van der Waals surface area contributed by atoms with E-state index in [2.05, 4.69) is 20.2 Å². The van der Waals surface area contributed by atoms with E-state index in [0.717, 1.165) is 9.36 Å². The van der Waals surface area contributed by atoms with Gasteiger partial charge in [0.05, 0.1) is 13.7 Å². The minimum absolute atomic E-state index is 0.0885. The summed E-state index contributed by atoms with van der Waals surface area (Å²) in [6, 6.07) is 8.99. The Kier molecular flexibility index (Phi) is 7.00. The lowest BCUT2D eigenvalue weighted by Gasteiger charge is -2.15. The van der Waals surface area contributed by atoms with Crippen LogP contribution in [0.15, 0.2) is 47.4 Å². The number of rotatable bonds is 8. The quantitative estimate of drug-likeness (QED) is 0.341. The van der Waals surface area contributed by atoms with Gasteiger partial charge in [0.1, 0.15) is 6.54 Å². The first-order valence-electron chi connectivity index (χ1n) is 10.4. The first-order chi connectivity index (χ1) is 17.5. The monoisotopic (exact) mass is 538 g/mol. The molecule has 1 amide bonds. The van der Waals surface area contributed by atoms with Crippen LogP contribution in [0.25, 0.3) is 17.2 Å². The fourth-order valence-electron chi connectivity index (χ4n) is 3.36. The third kappa shape index (κ3) is 5.31. The van der Waals surface area contributed by atoms with Gasteiger partial charge in [-0.25, -0.2) is 19.4 Å². The molecule has 3 N–H and O–H groups in total. The Labute approximate surface area is 210 Å². The Hall–Kier alpha value is -4.24. The van der Waals surface area contributed by atoms with Crippen LogP contribution < -0.4 is 16.2 Å². The minimum Gasteiger partial charge on any atom is -0.493 e. The largest absolute Gasteiger partial charge is 0.493 e. The van der Waals surface area contributed by atoms with E-state index in [9.17, 15) is 27.9 Å². The molecule has 3 heterocycles. The lowest BCUT2D eigenvalue weighted by Crippen LogP contribution is -2.37. The van der Waals surface area contributed by atoms with E-state index in [1.807, 2.05) is 0 Å². The number of aliphatic hydroxyl groups excluding tert-OH is 1. The summed E-state index contributed by atoms with van der Waals surface area (Å²) in [6.45, 7) is -1.56. The first kappa shape index (κ1) is 25.8. The fraction of sp³-hybridized carbons (Fsp3) is 0.238. The first-order valence-corrected chi connectivity index (χ1v) is 10.8. The number of amides is 1. The number of hydrogen-bond donors (Lipinski definition) is 2. The lowest BCUT2D eigenvalue weighted by molar-refractivity contribution is -0.207. The van der Waals surface area contributed by atoms with Crippen LogP contribution in [0.2, 0.25) is 5.02 Å². The maximum absolute atomic E-state index is 13.1. The number of ether oxygens (including phenoxy) is 1. The predicted octanol–water partition coefficient (Wildman–Crippen LogP) is 1.42. The summed E-state index contributed by atoms with van der Waals surface area (Å²) in [4.78, 5) is 33.2. The molecule has 0 aliphatic heterocycles. The molecule has 0 saturated heterocycles. The summed E-state index contributed by atoms with van der Waals surface area (Å²) < 4.78 is 46.9. The Balaban J connectivity index is 1.79. The zero-order valence-corrected chi connectivity index (χ0v) is 19.7. The molecule has 37 heavy (non-hydrogen) atoms. The maximum atomic E-state index is 13.1. The van der Waals surface area contributed by atoms with Crippen molar-refractivity contribution in [3.63, 3.8) is 0 Å². The summed E-state index contributed by atoms with van der Waals surface area (Å²) in [6.07, 6.45) is -6.39. The number of carbonyl (C=O) groups is 1. The number of primary amides is 1. The van der Waals surface area contributed by atoms with Crippen molar-refractivity contribution in [3.05, 3.63) is 69.8 Å². The summed E-state index contributed by atoms with van der Waals surface area (Å²) in [5.41, 5.74) is 4.71. The Morgan fingerprint density at radius 3 is 2.54 bits per heavy atom. The molecule has 4 aromatic rings. The molecule has 0 aliphatic rings. The van der Waals surface area contributed by atoms with Gasteiger partial charge in [-0.05, 0) is 36.4 Å². The number of nitrogens with two attached hydrogens (primary N) is 1. The van der Waals surface area contributed by atoms with Gasteiger partial charge in [0.2, 0.25) is 5.82 Å². The third-order valence-corrected chi connectivity index (χ3v) is 5.34. The molecular formula is C21H18ClF3N8O4. The van der Waals surface area contributed by atoms with Crippen molar-refractivity contribution < 1.29 is 27.8 Å². The molecule has 194 valence electrons. The average molecular weight is 539 g/mol. The van der Waals surface area contributed by atoms with Crippen molar-refractivity contribution in [1.82, 2.24) is 34.1 Å². The lowest BCUT2D eigenvalue weighted by atomic mass is 10.2.